The van der Waals surface area contributed by atoms with Gasteiger partial charge in [-0.15, -0.1) is 0 Å². The monoisotopic (exact) mass is 334 g/mol. The number of rotatable bonds is 6. The predicted molar refractivity (Wildman–Crippen MR) is 88.5 cm³/mol. The molecule has 1 aromatic carbocycles. The summed E-state index contributed by atoms with van der Waals surface area (Å²) in [6.07, 6.45) is 1.46. The van der Waals surface area contributed by atoms with E-state index in [1.807, 2.05) is 0 Å². The molecule has 0 aliphatic carbocycles. The predicted octanol–water partition coefficient (Wildman–Crippen LogP) is -0.418. The van der Waals surface area contributed by atoms with Crippen molar-refractivity contribution < 1.29 is 24.0 Å². The third-order valence-electron chi connectivity index (χ3n) is 4.19. The van der Waals surface area contributed by atoms with Crippen LogP contribution >= 0.6 is 0 Å². The summed E-state index contributed by atoms with van der Waals surface area (Å²) >= 11 is 0. The van der Waals surface area contributed by atoms with Crippen molar-refractivity contribution in [2.75, 3.05) is 31.6 Å². The molecule has 2 rings (SSSR count). The first-order chi connectivity index (χ1) is 11.5. The number of hydrogen-bond acceptors (Lipinski definition) is 4. The van der Waals surface area contributed by atoms with Crippen LogP contribution in [0.5, 0.6) is 0 Å². The first kappa shape index (κ1) is 17.9. The van der Waals surface area contributed by atoms with Gasteiger partial charge in [0.05, 0.1) is 25.3 Å². The average Bonchev–Trinajstić information content (AvgIpc) is 2.56. The van der Waals surface area contributed by atoms with Crippen LogP contribution in [0.2, 0.25) is 0 Å². The number of piperidine rings is 1. The topological polar surface area (TPSA) is 103 Å². The zero-order chi connectivity index (χ0) is 17.5. The molecule has 7 heteroatoms. The molecule has 0 saturated carbocycles. The molecule has 130 valence electrons. The fourth-order valence-electron chi connectivity index (χ4n) is 2.82. The summed E-state index contributed by atoms with van der Waals surface area (Å²) in [5.74, 6) is -0.782. The molecule has 0 bridgehead atoms. The highest BCUT2D eigenvalue weighted by atomic mass is 16.5. The molecule has 0 radical (unpaired) electrons. The third kappa shape index (κ3) is 5.06. The van der Waals surface area contributed by atoms with E-state index in [1.165, 1.54) is 0 Å². The Balaban J connectivity index is 1.80. The van der Waals surface area contributed by atoms with Gasteiger partial charge >= 0.3 is 5.97 Å². The number of amides is 2. The molecule has 0 aromatic heterocycles. The fraction of sp³-hybridized carbons (Fsp3) is 0.471. The van der Waals surface area contributed by atoms with Crippen LogP contribution < -0.4 is 16.0 Å². The number of anilines is 1. The SMILES string of the molecule is CCOC(=O)c1ccc(NC(=O)C[NH+]2CCC(C(N)=O)CC2)cc1. The number of nitrogens with two attached hydrogens (primary N) is 1. The summed E-state index contributed by atoms with van der Waals surface area (Å²) in [6.45, 7) is 3.96. The van der Waals surface area contributed by atoms with Crippen molar-refractivity contribution in [3.8, 4) is 0 Å². The van der Waals surface area contributed by atoms with E-state index in [0.717, 1.165) is 30.8 Å². The first-order valence-corrected chi connectivity index (χ1v) is 8.19. The van der Waals surface area contributed by atoms with Crippen molar-refractivity contribution in [1.82, 2.24) is 0 Å². The highest BCUT2D eigenvalue weighted by Gasteiger charge is 2.26. The van der Waals surface area contributed by atoms with E-state index in [9.17, 15) is 14.4 Å². The highest BCUT2D eigenvalue weighted by molar-refractivity contribution is 5.93. The van der Waals surface area contributed by atoms with Crippen LogP contribution in [0.25, 0.3) is 0 Å². The number of carbonyl (C=O) groups excluding carboxylic acids is 3. The smallest absolute Gasteiger partial charge is 0.338 e. The van der Waals surface area contributed by atoms with E-state index in [2.05, 4.69) is 5.32 Å². The Labute approximate surface area is 141 Å². The Kier molecular flexibility index (Phi) is 6.31. The molecular weight excluding hydrogens is 310 g/mol. The van der Waals surface area contributed by atoms with Crippen molar-refractivity contribution in [1.29, 1.82) is 0 Å². The Hall–Kier alpha value is -2.41. The molecule has 2 amide bonds. The van der Waals surface area contributed by atoms with E-state index in [0.29, 0.717) is 24.4 Å². The van der Waals surface area contributed by atoms with Gasteiger partial charge in [0.15, 0.2) is 6.54 Å². The van der Waals surface area contributed by atoms with Gasteiger partial charge in [-0.05, 0) is 31.2 Å². The molecule has 0 atom stereocenters. The summed E-state index contributed by atoms with van der Waals surface area (Å²) in [4.78, 5) is 36.0. The Morgan fingerprint density at radius 1 is 1.21 bits per heavy atom. The first-order valence-electron chi connectivity index (χ1n) is 8.19. The second kappa shape index (κ2) is 8.44. The summed E-state index contributed by atoms with van der Waals surface area (Å²) < 4.78 is 4.91. The van der Waals surface area contributed by atoms with Crippen molar-refractivity contribution in [3.05, 3.63) is 29.8 Å². The molecule has 4 N–H and O–H groups in total. The van der Waals surface area contributed by atoms with Crippen LogP contribution in [0.1, 0.15) is 30.1 Å². The van der Waals surface area contributed by atoms with Crippen molar-refractivity contribution in [2.24, 2.45) is 11.7 Å². The van der Waals surface area contributed by atoms with Gasteiger partial charge in [-0.25, -0.2) is 4.79 Å². The molecule has 1 aliphatic rings. The van der Waals surface area contributed by atoms with Crippen LogP contribution in [0.4, 0.5) is 5.69 Å². The van der Waals surface area contributed by atoms with E-state index in [-0.39, 0.29) is 23.7 Å². The maximum atomic E-state index is 12.1. The zero-order valence-electron chi connectivity index (χ0n) is 13.8. The zero-order valence-corrected chi connectivity index (χ0v) is 13.8. The Morgan fingerprint density at radius 3 is 2.38 bits per heavy atom. The van der Waals surface area contributed by atoms with Crippen molar-refractivity contribution in [3.63, 3.8) is 0 Å². The van der Waals surface area contributed by atoms with Gasteiger partial charge in [-0.1, -0.05) is 0 Å². The number of quaternary nitrogens is 1. The second-order valence-electron chi connectivity index (χ2n) is 5.95. The quantitative estimate of drug-likeness (QED) is 0.615. The van der Waals surface area contributed by atoms with Gasteiger partial charge in [0.25, 0.3) is 5.91 Å². The number of likely N-dealkylation sites (tertiary alicyclic amines) is 1. The molecular formula is C17H24N3O4+. The molecule has 1 heterocycles. The highest BCUT2D eigenvalue weighted by Crippen LogP contribution is 2.11. The average molecular weight is 334 g/mol. The molecule has 1 saturated heterocycles. The molecule has 0 spiro atoms. The second-order valence-corrected chi connectivity index (χ2v) is 5.95. The fourth-order valence-corrected chi connectivity index (χ4v) is 2.82. The minimum Gasteiger partial charge on any atom is -0.462 e. The van der Waals surface area contributed by atoms with E-state index >= 15 is 0 Å². The van der Waals surface area contributed by atoms with Crippen LogP contribution in [-0.4, -0.2) is 44.0 Å². The van der Waals surface area contributed by atoms with Gasteiger partial charge in [0.1, 0.15) is 0 Å². The van der Waals surface area contributed by atoms with E-state index < -0.39 is 0 Å². The largest absolute Gasteiger partial charge is 0.462 e. The van der Waals surface area contributed by atoms with Gasteiger partial charge in [0, 0.05) is 24.4 Å². The Morgan fingerprint density at radius 2 is 1.83 bits per heavy atom. The lowest BCUT2D eigenvalue weighted by molar-refractivity contribution is -0.897. The number of primary amides is 1. The lowest BCUT2D eigenvalue weighted by atomic mass is 9.96. The number of hydrogen-bond donors (Lipinski definition) is 3. The lowest BCUT2D eigenvalue weighted by Crippen LogP contribution is -3.14. The minimum absolute atomic E-state index is 0.0627. The molecule has 0 unspecified atom stereocenters. The molecule has 24 heavy (non-hydrogen) atoms. The molecule has 1 aliphatic heterocycles. The van der Waals surface area contributed by atoms with Crippen LogP contribution in [-0.2, 0) is 14.3 Å². The third-order valence-corrected chi connectivity index (χ3v) is 4.19. The van der Waals surface area contributed by atoms with Gasteiger partial charge in [0.2, 0.25) is 5.91 Å². The van der Waals surface area contributed by atoms with E-state index in [4.69, 9.17) is 10.5 Å². The van der Waals surface area contributed by atoms with Gasteiger partial charge < -0.3 is 20.7 Å². The van der Waals surface area contributed by atoms with Crippen LogP contribution in [0.3, 0.4) is 0 Å². The molecule has 1 fully saturated rings. The standard InChI is InChI=1S/C17H23N3O4/c1-2-24-17(23)13-3-5-14(6-4-13)19-15(21)11-20-9-7-12(8-10-20)16(18)22/h3-6,12H,2,7-11H2,1H3,(H2,18,22)(H,19,21)/p+1. The molecule has 1 aromatic rings. The van der Waals surface area contributed by atoms with Crippen LogP contribution in [0.15, 0.2) is 24.3 Å². The minimum atomic E-state index is -0.378. The summed E-state index contributed by atoms with van der Waals surface area (Å²) in [7, 11) is 0. The van der Waals surface area contributed by atoms with Crippen molar-refractivity contribution >= 4 is 23.5 Å². The number of nitrogens with one attached hydrogen (secondary N) is 2. The van der Waals surface area contributed by atoms with Gasteiger partial charge in [-0.3, -0.25) is 9.59 Å². The number of ether oxygens (including phenoxy) is 1. The number of esters is 1. The normalized spacial score (nSPS) is 20.2. The maximum absolute atomic E-state index is 12.1. The van der Waals surface area contributed by atoms with E-state index in [1.54, 1.807) is 31.2 Å². The summed E-state index contributed by atoms with van der Waals surface area (Å²) in [5.41, 5.74) is 6.40. The van der Waals surface area contributed by atoms with Gasteiger partial charge in [-0.2, -0.15) is 0 Å². The summed E-state index contributed by atoms with van der Waals surface area (Å²) in [6, 6.07) is 6.61. The number of benzene rings is 1. The Bertz CT molecular complexity index is 592. The van der Waals surface area contributed by atoms with Crippen molar-refractivity contribution in [2.45, 2.75) is 19.8 Å². The molecule has 7 nitrogen and oxygen atoms in total. The maximum Gasteiger partial charge on any atom is 0.338 e. The van der Waals surface area contributed by atoms with Crippen LogP contribution in [0, 0.1) is 5.92 Å². The lowest BCUT2D eigenvalue weighted by Gasteiger charge is -2.27. The summed E-state index contributed by atoms with van der Waals surface area (Å²) in [5, 5.41) is 2.82. The number of carbonyl (C=O) groups is 3.